The monoisotopic (exact) mass is 297 g/mol. The Morgan fingerprint density at radius 1 is 1.59 bits per heavy atom. The highest BCUT2D eigenvalue weighted by atomic mass is 79.9. The zero-order chi connectivity index (χ0) is 12.4. The minimum atomic E-state index is 0.159. The molecular formula is C12H16BrN3O. The Labute approximate surface area is 109 Å². The van der Waals surface area contributed by atoms with Crippen LogP contribution in [0.3, 0.4) is 0 Å². The molecule has 5 heteroatoms. The highest BCUT2D eigenvalue weighted by molar-refractivity contribution is 9.10. The maximum Gasteiger partial charge on any atom is 0.172 e. The van der Waals surface area contributed by atoms with Gasteiger partial charge in [0.2, 0.25) is 0 Å². The van der Waals surface area contributed by atoms with Crippen LogP contribution in [0.15, 0.2) is 27.8 Å². The van der Waals surface area contributed by atoms with Gasteiger partial charge in [0.25, 0.3) is 0 Å². The molecule has 1 aliphatic heterocycles. The van der Waals surface area contributed by atoms with Crippen molar-refractivity contribution >= 4 is 27.5 Å². The molecule has 0 bridgehead atoms. The molecule has 0 aliphatic carbocycles. The van der Waals surface area contributed by atoms with E-state index in [1.807, 2.05) is 18.2 Å². The molecule has 1 aromatic carbocycles. The predicted molar refractivity (Wildman–Crippen MR) is 72.7 cm³/mol. The maximum absolute atomic E-state index is 8.82. The quantitative estimate of drug-likeness (QED) is 0.382. The lowest BCUT2D eigenvalue weighted by Crippen LogP contribution is -2.29. The Bertz CT molecular complexity index is 447. The zero-order valence-electron chi connectivity index (χ0n) is 9.73. The highest BCUT2D eigenvalue weighted by Crippen LogP contribution is 2.31. The molecule has 1 heterocycles. The lowest BCUT2D eigenvalue weighted by atomic mass is 10.1. The molecule has 1 aromatic rings. The van der Waals surface area contributed by atoms with Crippen LogP contribution in [-0.2, 0) is 0 Å². The Balaban J connectivity index is 2.46. The minimum Gasteiger partial charge on any atom is -0.409 e. The van der Waals surface area contributed by atoms with Crippen LogP contribution in [0.5, 0.6) is 0 Å². The van der Waals surface area contributed by atoms with Crippen LogP contribution in [0, 0.1) is 0 Å². The van der Waals surface area contributed by atoms with Gasteiger partial charge in [-0.1, -0.05) is 21.1 Å². The summed E-state index contributed by atoms with van der Waals surface area (Å²) >= 11 is 3.46. The van der Waals surface area contributed by atoms with Gasteiger partial charge in [-0.05, 0) is 38.0 Å². The summed E-state index contributed by atoms with van der Waals surface area (Å²) in [5.74, 6) is 0.159. The van der Waals surface area contributed by atoms with Gasteiger partial charge in [-0.25, -0.2) is 0 Å². The van der Waals surface area contributed by atoms with Gasteiger partial charge in [0.1, 0.15) is 0 Å². The van der Waals surface area contributed by atoms with E-state index < -0.39 is 0 Å². The van der Waals surface area contributed by atoms with Crippen LogP contribution >= 0.6 is 15.9 Å². The number of hydrogen-bond donors (Lipinski definition) is 2. The van der Waals surface area contributed by atoms with Gasteiger partial charge >= 0.3 is 0 Å². The van der Waals surface area contributed by atoms with Crippen molar-refractivity contribution in [1.29, 1.82) is 0 Å². The fraction of sp³-hybridized carbons (Fsp3) is 0.417. The van der Waals surface area contributed by atoms with Crippen molar-refractivity contribution in [3.05, 3.63) is 28.2 Å². The Kier molecular flexibility index (Phi) is 3.57. The number of halogens is 1. The van der Waals surface area contributed by atoms with Crippen LogP contribution in [-0.4, -0.2) is 23.6 Å². The predicted octanol–water partition coefficient (Wildman–Crippen LogP) is 2.53. The first-order valence-electron chi connectivity index (χ1n) is 5.67. The van der Waals surface area contributed by atoms with E-state index in [4.69, 9.17) is 10.9 Å². The van der Waals surface area contributed by atoms with Crippen molar-refractivity contribution < 1.29 is 5.21 Å². The van der Waals surface area contributed by atoms with Gasteiger partial charge in [0.15, 0.2) is 5.84 Å². The Morgan fingerprint density at radius 3 is 2.94 bits per heavy atom. The zero-order valence-corrected chi connectivity index (χ0v) is 11.3. The van der Waals surface area contributed by atoms with Crippen LogP contribution in [0.2, 0.25) is 0 Å². The van der Waals surface area contributed by atoms with E-state index in [9.17, 15) is 0 Å². The smallest absolute Gasteiger partial charge is 0.172 e. The molecule has 92 valence electrons. The second kappa shape index (κ2) is 4.96. The maximum atomic E-state index is 8.82. The summed E-state index contributed by atoms with van der Waals surface area (Å²) in [5.41, 5.74) is 7.53. The SMILES string of the molecule is CC1CCCN1c1cc(Br)ccc1/C(N)=N/O. The molecule has 1 unspecified atom stereocenters. The summed E-state index contributed by atoms with van der Waals surface area (Å²) < 4.78 is 1.00. The lowest BCUT2D eigenvalue weighted by molar-refractivity contribution is 0.318. The molecule has 2 rings (SSSR count). The fourth-order valence-corrected chi connectivity index (χ4v) is 2.65. The number of nitrogens with zero attached hydrogens (tertiary/aromatic N) is 2. The van der Waals surface area contributed by atoms with Gasteiger partial charge in [-0.3, -0.25) is 0 Å². The van der Waals surface area contributed by atoms with Gasteiger partial charge in [0.05, 0.1) is 0 Å². The fourth-order valence-electron chi connectivity index (χ4n) is 2.30. The first-order valence-corrected chi connectivity index (χ1v) is 6.47. The van der Waals surface area contributed by atoms with E-state index in [0.717, 1.165) is 22.3 Å². The average molecular weight is 298 g/mol. The van der Waals surface area contributed by atoms with E-state index in [1.54, 1.807) is 0 Å². The minimum absolute atomic E-state index is 0.159. The van der Waals surface area contributed by atoms with Gasteiger partial charge in [0, 0.05) is 28.3 Å². The highest BCUT2D eigenvalue weighted by Gasteiger charge is 2.23. The third-order valence-electron chi connectivity index (χ3n) is 3.21. The molecule has 0 saturated carbocycles. The second-order valence-electron chi connectivity index (χ2n) is 4.33. The van der Waals surface area contributed by atoms with E-state index in [0.29, 0.717) is 6.04 Å². The first-order chi connectivity index (χ1) is 8.13. The summed E-state index contributed by atoms with van der Waals surface area (Å²) in [6, 6.07) is 6.29. The second-order valence-corrected chi connectivity index (χ2v) is 5.25. The van der Waals surface area contributed by atoms with Gasteiger partial charge in [-0.15, -0.1) is 0 Å². The van der Waals surface area contributed by atoms with Crippen LogP contribution in [0.25, 0.3) is 0 Å². The van der Waals surface area contributed by atoms with Crippen molar-refractivity contribution in [3.63, 3.8) is 0 Å². The summed E-state index contributed by atoms with van der Waals surface area (Å²) in [6.45, 7) is 3.22. The molecule has 17 heavy (non-hydrogen) atoms. The molecule has 0 amide bonds. The largest absolute Gasteiger partial charge is 0.409 e. The summed E-state index contributed by atoms with van der Waals surface area (Å²) in [7, 11) is 0. The molecule has 3 N–H and O–H groups in total. The molecule has 1 aliphatic rings. The number of rotatable bonds is 2. The average Bonchev–Trinajstić information content (AvgIpc) is 2.74. The first kappa shape index (κ1) is 12.2. The number of benzene rings is 1. The van der Waals surface area contributed by atoms with Gasteiger partial charge in [-0.2, -0.15) is 0 Å². The summed E-state index contributed by atoms with van der Waals surface area (Å²) in [4.78, 5) is 2.30. The number of amidine groups is 1. The Morgan fingerprint density at radius 2 is 2.35 bits per heavy atom. The van der Waals surface area contributed by atoms with Crippen molar-refractivity contribution in [1.82, 2.24) is 0 Å². The van der Waals surface area contributed by atoms with Crippen molar-refractivity contribution in [2.75, 3.05) is 11.4 Å². The van der Waals surface area contributed by atoms with Crippen LogP contribution in [0.4, 0.5) is 5.69 Å². The molecule has 0 aromatic heterocycles. The summed E-state index contributed by atoms with van der Waals surface area (Å²) in [6.07, 6.45) is 2.37. The molecule has 1 fully saturated rings. The third-order valence-corrected chi connectivity index (χ3v) is 3.70. The van der Waals surface area contributed by atoms with Gasteiger partial charge < -0.3 is 15.8 Å². The molecule has 1 atom stereocenters. The van der Waals surface area contributed by atoms with Crippen molar-refractivity contribution in [3.8, 4) is 0 Å². The van der Waals surface area contributed by atoms with Crippen LogP contribution in [0.1, 0.15) is 25.3 Å². The normalized spacial score (nSPS) is 20.9. The number of nitrogens with two attached hydrogens (primary N) is 1. The van der Waals surface area contributed by atoms with Crippen molar-refractivity contribution in [2.24, 2.45) is 10.9 Å². The molecule has 0 spiro atoms. The topological polar surface area (TPSA) is 61.8 Å². The number of hydrogen-bond acceptors (Lipinski definition) is 3. The molecule has 4 nitrogen and oxygen atoms in total. The lowest BCUT2D eigenvalue weighted by Gasteiger charge is -2.26. The molecule has 1 saturated heterocycles. The van der Waals surface area contributed by atoms with E-state index in [1.165, 1.54) is 12.8 Å². The van der Waals surface area contributed by atoms with Crippen LogP contribution < -0.4 is 10.6 Å². The standard InChI is InChI=1S/C12H16BrN3O/c1-8-3-2-6-16(8)11-7-9(13)4-5-10(11)12(14)15-17/h4-5,7-8,17H,2-3,6H2,1H3,(H2,14,15). The number of anilines is 1. The Hall–Kier alpha value is -1.23. The molecular weight excluding hydrogens is 282 g/mol. The summed E-state index contributed by atoms with van der Waals surface area (Å²) in [5, 5.41) is 11.9. The third kappa shape index (κ3) is 2.39. The van der Waals surface area contributed by atoms with E-state index in [2.05, 4.69) is 32.9 Å². The van der Waals surface area contributed by atoms with Crippen molar-refractivity contribution in [2.45, 2.75) is 25.8 Å². The number of oxime groups is 1. The van der Waals surface area contributed by atoms with E-state index >= 15 is 0 Å². The molecule has 0 radical (unpaired) electrons. The van der Waals surface area contributed by atoms with E-state index in [-0.39, 0.29) is 5.84 Å².